The summed E-state index contributed by atoms with van der Waals surface area (Å²) in [7, 11) is 0. The number of thioether (sulfide) groups is 1. The van der Waals surface area contributed by atoms with Gasteiger partial charge in [0.2, 0.25) is 0 Å². The Bertz CT molecular complexity index is 2100. The molecular weight excluding hydrogens is 516 g/mol. The van der Waals surface area contributed by atoms with Crippen LogP contribution in [0.15, 0.2) is 139 Å². The molecule has 41 heavy (non-hydrogen) atoms. The van der Waals surface area contributed by atoms with Crippen molar-refractivity contribution in [2.75, 3.05) is 0 Å². The van der Waals surface area contributed by atoms with Crippen molar-refractivity contribution in [3.8, 4) is 39.1 Å². The molecule has 8 rings (SSSR count). The van der Waals surface area contributed by atoms with Gasteiger partial charge in [-0.1, -0.05) is 109 Å². The maximum Gasteiger partial charge on any atom is 0.174 e. The molecule has 0 amide bonds. The molecular formula is C38H28N2S. The van der Waals surface area contributed by atoms with Crippen LogP contribution in [0.1, 0.15) is 19.4 Å². The van der Waals surface area contributed by atoms with E-state index in [1.54, 1.807) is 0 Å². The number of para-hydroxylation sites is 3. The summed E-state index contributed by atoms with van der Waals surface area (Å²) in [4.78, 5) is 5.07. The Hall–Kier alpha value is -4.60. The fourth-order valence-corrected chi connectivity index (χ4v) is 7.35. The van der Waals surface area contributed by atoms with Crippen LogP contribution >= 0.6 is 11.8 Å². The highest BCUT2D eigenvalue weighted by atomic mass is 32.2. The van der Waals surface area contributed by atoms with Crippen LogP contribution in [0.3, 0.4) is 0 Å². The SMILES string of the molecule is CC1(C)Sc2nc3ccccc3n2-c2c(-c3cc(-c4ccccc4)cc(-c4ccc5ccccc5c4)c3)cccc21. The molecule has 0 aliphatic carbocycles. The molecule has 1 aliphatic heterocycles. The minimum atomic E-state index is -0.110. The lowest BCUT2D eigenvalue weighted by molar-refractivity contribution is 0.729. The molecule has 0 saturated carbocycles. The third kappa shape index (κ3) is 4.00. The molecule has 0 saturated heterocycles. The van der Waals surface area contributed by atoms with Crippen LogP contribution in [0.5, 0.6) is 0 Å². The topological polar surface area (TPSA) is 17.8 Å². The second-order valence-corrected chi connectivity index (χ2v) is 12.8. The summed E-state index contributed by atoms with van der Waals surface area (Å²) < 4.78 is 2.27. The van der Waals surface area contributed by atoms with Crippen molar-refractivity contribution in [2.24, 2.45) is 0 Å². The molecule has 1 aliphatic rings. The number of hydrogen-bond acceptors (Lipinski definition) is 2. The van der Waals surface area contributed by atoms with Crippen LogP contribution in [0.2, 0.25) is 0 Å². The zero-order valence-corrected chi connectivity index (χ0v) is 23.8. The summed E-state index contributed by atoms with van der Waals surface area (Å²) >= 11 is 1.84. The first kappa shape index (κ1) is 24.2. The van der Waals surface area contributed by atoms with Gasteiger partial charge in [-0.15, -0.1) is 0 Å². The lowest BCUT2D eigenvalue weighted by atomic mass is 9.89. The molecule has 0 spiro atoms. The molecule has 0 unspecified atom stereocenters. The quantitative estimate of drug-likeness (QED) is 0.220. The van der Waals surface area contributed by atoms with Crippen molar-refractivity contribution in [3.63, 3.8) is 0 Å². The summed E-state index contributed by atoms with van der Waals surface area (Å²) in [6.45, 7) is 4.62. The smallest absolute Gasteiger partial charge is 0.174 e. The third-order valence-electron chi connectivity index (χ3n) is 8.22. The van der Waals surface area contributed by atoms with Crippen molar-refractivity contribution in [3.05, 3.63) is 139 Å². The number of aromatic nitrogens is 2. The number of fused-ring (bicyclic) bond motifs is 6. The van der Waals surface area contributed by atoms with Gasteiger partial charge in [0, 0.05) is 10.3 Å². The predicted molar refractivity (Wildman–Crippen MR) is 174 cm³/mol. The second-order valence-electron chi connectivity index (χ2n) is 11.3. The largest absolute Gasteiger partial charge is 0.286 e. The molecule has 0 fully saturated rings. The van der Waals surface area contributed by atoms with Gasteiger partial charge in [0.25, 0.3) is 0 Å². The number of benzene rings is 6. The molecule has 0 radical (unpaired) electrons. The number of nitrogens with zero attached hydrogens (tertiary/aromatic N) is 2. The molecule has 2 heterocycles. The molecule has 1 aromatic heterocycles. The summed E-state index contributed by atoms with van der Waals surface area (Å²) in [5.74, 6) is 0. The van der Waals surface area contributed by atoms with Crippen LogP contribution in [0.25, 0.3) is 60.9 Å². The Morgan fingerprint density at radius 3 is 2.12 bits per heavy atom. The van der Waals surface area contributed by atoms with Gasteiger partial charge < -0.3 is 0 Å². The Balaban J connectivity index is 1.42. The maximum absolute atomic E-state index is 5.07. The highest BCUT2D eigenvalue weighted by Gasteiger charge is 2.35. The van der Waals surface area contributed by atoms with Crippen molar-refractivity contribution in [1.29, 1.82) is 0 Å². The third-order valence-corrected chi connectivity index (χ3v) is 9.41. The Morgan fingerprint density at radius 2 is 1.27 bits per heavy atom. The summed E-state index contributed by atoms with van der Waals surface area (Å²) in [6, 6.07) is 48.4. The summed E-state index contributed by atoms with van der Waals surface area (Å²) in [5.41, 5.74) is 12.0. The molecule has 196 valence electrons. The average molecular weight is 545 g/mol. The van der Waals surface area contributed by atoms with Crippen LogP contribution < -0.4 is 0 Å². The van der Waals surface area contributed by atoms with E-state index in [1.807, 2.05) is 11.8 Å². The standard InChI is InChI=1S/C38H28N2S/c1-38(2)33-16-10-15-32(36(33)40-35-18-9-8-17-34(35)39-37(40)41-38)31-23-29(25-11-4-3-5-12-25)22-30(24-31)28-20-19-26-13-6-7-14-27(26)21-28/h3-24H,1-2H3. The Morgan fingerprint density at radius 1 is 0.561 bits per heavy atom. The average Bonchev–Trinajstić information content (AvgIpc) is 3.38. The van der Waals surface area contributed by atoms with Crippen molar-refractivity contribution in [2.45, 2.75) is 23.8 Å². The van der Waals surface area contributed by atoms with E-state index in [0.717, 1.165) is 16.2 Å². The van der Waals surface area contributed by atoms with E-state index >= 15 is 0 Å². The zero-order chi connectivity index (χ0) is 27.6. The van der Waals surface area contributed by atoms with Crippen molar-refractivity contribution in [1.82, 2.24) is 9.55 Å². The van der Waals surface area contributed by atoms with Crippen LogP contribution in [0.4, 0.5) is 0 Å². The zero-order valence-electron chi connectivity index (χ0n) is 23.0. The first-order valence-electron chi connectivity index (χ1n) is 14.1. The molecule has 6 aromatic carbocycles. The van der Waals surface area contributed by atoms with Gasteiger partial charge in [-0.2, -0.15) is 0 Å². The van der Waals surface area contributed by atoms with Gasteiger partial charge in [0.05, 0.1) is 16.7 Å². The van der Waals surface area contributed by atoms with E-state index in [-0.39, 0.29) is 4.75 Å². The second kappa shape index (κ2) is 9.22. The molecule has 7 aromatic rings. The van der Waals surface area contributed by atoms with E-state index in [2.05, 4.69) is 152 Å². The van der Waals surface area contributed by atoms with E-state index in [0.29, 0.717) is 0 Å². The molecule has 0 atom stereocenters. The first-order chi connectivity index (χ1) is 20.0. The maximum atomic E-state index is 5.07. The summed E-state index contributed by atoms with van der Waals surface area (Å²) in [5, 5.41) is 3.55. The van der Waals surface area contributed by atoms with Gasteiger partial charge in [-0.25, -0.2) is 4.98 Å². The normalized spacial score (nSPS) is 13.7. The molecule has 0 N–H and O–H groups in total. The van der Waals surface area contributed by atoms with Crippen LogP contribution in [-0.4, -0.2) is 9.55 Å². The first-order valence-corrected chi connectivity index (χ1v) is 14.9. The van der Waals surface area contributed by atoms with E-state index in [9.17, 15) is 0 Å². The minimum absolute atomic E-state index is 0.110. The number of rotatable bonds is 3. The van der Waals surface area contributed by atoms with Crippen molar-refractivity contribution < 1.29 is 0 Å². The fraction of sp³-hybridized carbons (Fsp3) is 0.0789. The van der Waals surface area contributed by atoms with Crippen molar-refractivity contribution >= 4 is 33.6 Å². The molecule has 2 nitrogen and oxygen atoms in total. The highest BCUT2D eigenvalue weighted by Crippen LogP contribution is 2.51. The van der Waals surface area contributed by atoms with E-state index < -0.39 is 0 Å². The predicted octanol–water partition coefficient (Wildman–Crippen LogP) is 10.5. The van der Waals surface area contributed by atoms with Gasteiger partial charge in [-0.3, -0.25) is 4.57 Å². The van der Waals surface area contributed by atoms with Crippen LogP contribution in [0, 0.1) is 0 Å². The monoisotopic (exact) mass is 544 g/mol. The van der Waals surface area contributed by atoms with Crippen LogP contribution in [-0.2, 0) is 4.75 Å². The summed E-state index contributed by atoms with van der Waals surface area (Å²) in [6.07, 6.45) is 0. The Kier molecular flexibility index (Phi) is 5.45. The Labute approximate surface area is 244 Å². The van der Waals surface area contributed by atoms with Gasteiger partial charge >= 0.3 is 0 Å². The number of imidazole rings is 1. The molecule has 3 heteroatoms. The van der Waals surface area contributed by atoms with Gasteiger partial charge in [0.1, 0.15) is 0 Å². The fourth-order valence-electron chi connectivity index (χ4n) is 6.19. The van der Waals surface area contributed by atoms with Gasteiger partial charge in [0.15, 0.2) is 5.16 Å². The number of hydrogen-bond donors (Lipinski definition) is 0. The molecule has 0 bridgehead atoms. The van der Waals surface area contributed by atoms with E-state index in [1.165, 1.54) is 55.4 Å². The highest BCUT2D eigenvalue weighted by molar-refractivity contribution is 8.00. The lowest BCUT2D eigenvalue weighted by Gasteiger charge is -2.34. The lowest BCUT2D eigenvalue weighted by Crippen LogP contribution is -2.22. The van der Waals surface area contributed by atoms with E-state index in [4.69, 9.17) is 4.98 Å². The minimum Gasteiger partial charge on any atom is -0.286 e. The van der Waals surface area contributed by atoms with Gasteiger partial charge in [-0.05, 0) is 94.4 Å².